The third-order valence-electron chi connectivity index (χ3n) is 4.90. The normalized spacial score (nSPS) is 16.2. The van der Waals surface area contributed by atoms with Crippen LogP contribution < -0.4 is 0 Å². The predicted octanol–water partition coefficient (Wildman–Crippen LogP) is 4.89. The molecule has 2 aromatic carbocycles. The van der Waals surface area contributed by atoms with Gasteiger partial charge in [0.1, 0.15) is 0 Å². The summed E-state index contributed by atoms with van der Waals surface area (Å²) in [4.78, 5) is 26.1. The van der Waals surface area contributed by atoms with Crippen LogP contribution in [-0.4, -0.2) is 35.7 Å². The minimum Gasteiger partial charge on any atom is -0.322 e. The van der Waals surface area contributed by atoms with Gasteiger partial charge in [0.05, 0.1) is 0 Å². The highest BCUT2D eigenvalue weighted by Gasteiger charge is 2.10. The lowest BCUT2D eigenvalue weighted by Crippen LogP contribution is -2.19. The second-order valence-corrected chi connectivity index (χ2v) is 7.11. The topological polar surface area (TPSA) is 40.6 Å². The first-order valence-corrected chi connectivity index (χ1v) is 9.93. The van der Waals surface area contributed by atoms with E-state index in [0.29, 0.717) is 12.8 Å². The summed E-state index contributed by atoms with van der Waals surface area (Å²) in [7, 11) is 3.57. The number of carbonyl (C=O) groups excluding carboxylic acids is 2. The van der Waals surface area contributed by atoms with Crippen LogP contribution in [-0.2, 0) is 9.59 Å². The van der Waals surface area contributed by atoms with Gasteiger partial charge in [-0.25, -0.2) is 0 Å². The maximum atomic E-state index is 11.4. The molecule has 0 radical (unpaired) electrons. The second kappa shape index (κ2) is 10.2. The fourth-order valence-electron chi connectivity index (χ4n) is 3.08. The smallest absolute Gasteiger partial charge is 0.230 e. The number of hydrogen-bond acceptors (Lipinski definition) is 2. The summed E-state index contributed by atoms with van der Waals surface area (Å²) >= 11 is 0. The molecule has 0 saturated heterocycles. The Hall–Kier alpha value is -3.66. The van der Waals surface area contributed by atoms with Crippen molar-refractivity contribution in [3.63, 3.8) is 0 Å². The highest BCUT2D eigenvalue weighted by molar-refractivity contribution is 5.86. The molecule has 2 amide bonds. The first kappa shape index (κ1) is 21.1. The maximum Gasteiger partial charge on any atom is 0.230 e. The molecule has 2 aliphatic heterocycles. The zero-order valence-electron chi connectivity index (χ0n) is 17.4. The van der Waals surface area contributed by atoms with E-state index >= 15 is 0 Å². The van der Waals surface area contributed by atoms with Crippen molar-refractivity contribution < 1.29 is 9.59 Å². The van der Waals surface area contributed by atoms with Gasteiger partial charge in [0.25, 0.3) is 0 Å². The molecule has 4 heteroatoms. The average Bonchev–Trinajstić information content (AvgIpc) is 3.06. The van der Waals surface area contributed by atoms with Gasteiger partial charge in [-0.3, -0.25) is 9.59 Å². The van der Waals surface area contributed by atoms with Gasteiger partial charge in [0.2, 0.25) is 11.8 Å². The molecule has 30 heavy (non-hydrogen) atoms. The van der Waals surface area contributed by atoms with Crippen LogP contribution in [0.5, 0.6) is 0 Å². The lowest BCUT2D eigenvalue weighted by Gasteiger charge is -2.10. The predicted molar refractivity (Wildman–Crippen MR) is 122 cm³/mol. The van der Waals surface area contributed by atoms with Gasteiger partial charge < -0.3 is 9.80 Å². The summed E-state index contributed by atoms with van der Waals surface area (Å²) in [5, 5.41) is 0. The zero-order chi connectivity index (χ0) is 21.3. The maximum absolute atomic E-state index is 11.4. The van der Waals surface area contributed by atoms with E-state index in [1.807, 2.05) is 97.4 Å². The van der Waals surface area contributed by atoms with Crippen molar-refractivity contribution in [1.82, 2.24) is 9.80 Å². The van der Waals surface area contributed by atoms with Crippen molar-refractivity contribution in [3.05, 3.63) is 108 Å². The molecule has 0 N–H and O–H groups in total. The molecule has 0 unspecified atom stereocenters. The fourth-order valence-corrected chi connectivity index (χ4v) is 3.08. The largest absolute Gasteiger partial charge is 0.322 e. The number of hydrogen-bond donors (Lipinski definition) is 0. The average molecular weight is 399 g/mol. The van der Waals surface area contributed by atoms with Gasteiger partial charge in [-0.2, -0.15) is 0 Å². The number of allylic oxidation sites excluding steroid dienone is 4. The van der Waals surface area contributed by atoms with Gasteiger partial charge in [0.15, 0.2) is 0 Å². The summed E-state index contributed by atoms with van der Waals surface area (Å²) < 4.78 is 0. The van der Waals surface area contributed by atoms with Crippen LogP contribution >= 0.6 is 0 Å². The van der Waals surface area contributed by atoms with E-state index in [1.54, 1.807) is 23.9 Å². The van der Waals surface area contributed by atoms with Crippen LogP contribution in [0.25, 0.3) is 11.1 Å². The molecule has 2 aliphatic rings. The Labute approximate surface area is 178 Å². The minimum atomic E-state index is 0.122. The zero-order valence-corrected chi connectivity index (χ0v) is 17.4. The number of benzene rings is 2. The molecule has 0 spiro atoms. The van der Waals surface area contributed by atoms with Crippen molar-refractivity contribution in [2.75, 3.05) is 14.1 Å². The standard InChI is InChI=1S/2C13H13NO/c1-14-10-12(8-5-9-13(14)15)11-6-3-2-4-7-11;1-14-10-9-12(7-8-13(14)15)11-5-3-2-4-6-11/h2-8,10H,9H2,1H3;2-7,9-10H,8H2,1H3. The molecule has 0 aromatic heterocycles. The van der Waals surface area contributed by atoms with Crippen LogP contribution in [0.3, 0.4) is 0 Å². The molecule has 2 aromatic rings. The van der Waals surface area contributed by atoms with E-state index in [4.69, 9.17) is 0 Å². The van der Waals surface area contributed by atoms with Gasteiger partial charge in [0, 0.05) is 39.3 Å². The van der Waals surface area contributed by atoms with E-state index in [9.17, 15) is 9.59 Å². The lowest BCUT2D eigenvalue weighted by molar-refractivity contribution is -0.127. The van der Waals surface area contributed by atoms with Crippen molar-refractivity contribution >= 4 is 23.0 Å². The number of nitrogens with zero attached hydrogens (tertiary/aromatic N) is 2. The van der Waals surface area contributed by atoms with Crippen LogP contribution in [0.15, 0.2) is 97.4 Å². The molecule has 0 bridgehead atoms. The van der Waals surface area contributed by atoms with Crippen molar-refractivity contribution in [3.8, 4) is 0 Å². The fraction of sp³-hybridized carbons (Fsp3) is 0.154. The van der Waals surface area contributed by atoms with Crippen molar-refractivity contribution in [2.24, 2.45) is 0 Å². The molecule has 0 fully saturated rings. The Balaban J connectivity index is 0.000000171. The first-order chi connectivity index (χ1) is 14.5. The molecule has 0 saturated carbocycles. The Morgan fingerprint density at radius 2 is 1.23 bits per heavy atom. The van der Waals surface area contributed by atoms with Crippen molar-refractivity contribution in [2.45, 2.75) is 12.8 Å². The molecule has 0 aliphatic carbocycles. The molecule has 152 valence electrons. The highest BCUT2D eigenvalue weighted by Crippen LogP contribution is 2.20. The van der Waals surface area contributed by atoms with E-state index in [0.717, 1.165) is 22.3 Å². The van der Waals surface area contributed by atoms with Gasteiger partial charge in [-0.05, 0) is 28.3 Å². The molecular weight excluding hydrogens is 372 g/mol. The van der Waals surface area contributed by atoms with Gasteiger partial charge in [-0.1, -0.05) is 78.9 Å². The number of carbonyl (C=O) groups is 2. The van der Waals surface area contributed by atoms with Crippen LogP contribution in [0.1, 0.15) is 24.0 Å². The van der Waals surface area contributed by atoms with E-state index in [-0.39, 0.29) is 11.8 Å². The number of rotatable bonds is 2. The quantitative estimate of drug-likeness (QED) is 0.723. The van der Waals surface area contributed by atoms with E-state index in [2.05, 4.69) is 0 Å². The first-order valence-electron chi connectivity index (χ1n) is 9.93. The van der Waals surface area contributed by atoms with Crippen LogP contribution in [0.4, 0.5) is 0 Å². The summed E-state index contributed by atoms with van der Waals surface area (Å²) in [5.74, 6) is 0.245. The second-order valence-electron chi connectivity index (χ2n) is 7.11. The Morgan fingerprint density at radius 1 is 0.667 bits per heavy atom. The Morgan fingerprint density at radius 3 is 1.87 bits per heavy atom. The third-order valence-corrected chi connectivity index (χ3v) is 4.90. The molecule has 0 atom stereocenters. The Bertz CT molecular complexity index is 1000. The SMILES string of the molecule is CN1C=C(c2ccccc2)C=CCC1=O.CN1C=CC(c2ccccc2)=CCC1=O. The van der Waals surface area contributed by atoms with Crippen LogP contribution in [0.2, 0.25) is 0 Å². The lowest BCUT2D eigenvalue weighted by atomic mass is 10.1. The molecule has 4 nitrogen and oxygen atoms in total. The van der Waals surface area contributed by atoms with E-state index < -0.39 is 0 Å². The molecule has 4 rings (SSSR count). The van der Waals surface area contributed by atoms with Gasteiger partial charge in [-0.15, -0.1) is 0 Å². The molecular formula is C26H26N2O2. The number of amides is 2. The summed E-state index contributed by atoms with van der Waals surface area (Å²) in [6.45, 7) is 0. The van der Waals surface area contributed by atoms with Crippen LogP contribution in [0, 0.1) is 0 Å². The molecule has 2 heterocycles. The summed E-state index contributed by atoms with van der Waals surface area (Å²) in [6, 6.07) is 20.1. The van der Waals surface area contributed by atoms with Crippen molar-refractivity contribution in [1.29, 1.82) is 0 Å². The summed E-state index contributed by atoms with van der Waals surface area (Å²) in [6.07, 6.45) is 12.5. The minimum absolute atomic E-state index is 0.122. The summed E-state index contributed by atoms with van der Waals surface area (Å²) in [5.41, 5.74) is 4.46. The Kier molecular flexibility index (Phi) is 7.17. The third kappa shape index (κ3) is 5.67. The highest BCUT2D eigenvalue weighted by atomic mass is 16.2. The monoisotopic (exact) mass is 398 g/mol. The van der Waals surface area contributed by atoms with E-state index in [1.165, 1.54) is 0 Å². The van der Waals surface area contributed by atoms with Gasteiger partial charge >= 0.3 is 0 Å².